The van der Waals surface area contributed by atoms with Crippen molar-refractivity contribution in [3.05, 3.63) is 40.9 Å². The lowest BCUT2D eigenvalue weighted by atomic mass is 10.1. The van der Waals surface area contributed by atoms with Gasteiger partial charge in [-0.1, -0.05) is 29.3 Å². The van der Waals surface area contributed by atoms with Crippen molar-refractivity contribution >= 4 is 17.6 Å². The van der Waals surface area contributed by atoms with E-state index >= 15 is 0 Å². The summed E-state index contributed by atoms with van der Waals surface area (Å²) in [6, 6.07) is 7.43. The molecule has 0 spiro atoms. The maximum atomic E-state index is 5.95. The second-order valence-corrected chi connectivity index (χ2v) is 6.08. The van der Waals surface area contributed by atoms with Crippen molar-refractivity contribution in [3.8, 4) is 5.75 Å². The van der Waals surface area contributed by atoms with Crippen LogP contribution in [0.4, 0.5) is 0 Å². The van der Waals surface area contributed by atoms with Gasteiger partial charge in [0.1, 0.15) is 12.4 Å². The summed E-state index contributed by atoms with van der Waals surface area (Å²) in [6.45, 7) is 3.76. The topological polar surface area (TPSA) is 46.1 Å². The molecule has 2 rings (SSSR count). The molecular weight excluding hydrogens is 326 g/mol. The van der Waals surface area contributed by atoms with Gasteiger partial charge in [-0.15, -0.1) is 0 Å². The van der Waals surface area contributed by atoms with Crippen molar-refractivity contribution < 1.29 is 9.47 Å². The zero-order chi connectivity index (χ0) is 17.2. The molecule has 1 N–H and O–H groups in total. The van der Waals surface area contributed by atoms with Gasteiger partial charge < -0.3 is 19.7 Å². The molecule has 1 aliphatic rings. The van der Waals surface area contributed by atoms with E-state index in [0.717, 1.165) is 50.9 Å². The number of halogens is 1. The lowest BCUT2D eigenvalue weighted by molar-refractivity contribution is 0.153. The van der Waals surface area contributed by atoms with Crippen LogP contribution in [0.25, 0.3) is 0 Å². The van der Waals surface area contributed by atoms with E-state index in [9.17, 15) is 0 Å². The van der Waals surface area contributed by atoms with Crippen molar-refractivity contribution in [2.45, 2.75) is 12.8 Å². The van der Waals surface area contributed by atoms with Crippen LogP contribution in [0.15, 0.2) is 40.9 Å². The molecule has 0 fully saturated rings. The van der Waals surface area contributed by atoms with E-state index < -0.39 is 0 Å². The van der Waals surface area contributed by atoms with E-state index in [2.05, 4.69) is 21.3 Å². The fourth-order valence-corrected chi connectivity index (χ4v) is 2.66. The number of nitrogens with one attached hydrogen (secondary N) is 1. The highest BCUT2D eigenvalue weighted by Crippen LogP contribution is 2.16. The maximum absolute atomic E-state index is 5.95. The minimum Gasteiger partial charge on any atom is -0.492 e. The van der Waals surface area contributed by atoms with Crippen LogP contribution in [0, 0.1) is 0 Å². The largest absolute Gasteiger partial charge is 0.492 e. The standard InChI is InChI=1S/C18H26ClN3O2/c1-20-18(21-9-6-15-7-11-23-12-8-15)22(2)10-13-24-17-5-3-4-16(19)14-17/h3-5,7,14H,6,8-13H2,1-2H3,(H,20,21). The third-order valence-electron chi connectivity index (χ3n) is 3.85. The highest BCUT2D eigenvalue weighted by molar-refractivity contribution is 6.30. The molecule has 0 radical (unpaired) electrons. The Morgan fingerprint density at radius 3 is 3.04 bits per heavy atom. The zero-order valence-corrected chi connectivity index (χ0v) is 15.2. The molecule has 0 aliphatic carbocycles. The smallest absolute Gasteiger partial charge is 0.193 e. The van der Waals surface area contributed by atoms with E-state index in [1.54, 1.807) is 7.05 Å². The van der Waals surface area contributed by atoms with Gasteiger partial charge in [-0.05, 0) is 31.0 Å². The molecule has 0 amide bonds. The van der Waals surface area contributed by atoms with E-state index in [4.69, 9.17) is 21.1 Å². The molecule has 0 atom stereocenters. The van der Waals surface area contributed by atoms with Crippen LogP contribution in [-0.2, 0) is 4.74 Å². The van der Waals surface area contributed by atoms with Crippen LogP contribution in [-0.4, -0.2) is 57.9 Å². The lowest BCUT2D eigenvalue weighted by Gasteiger charge is -2.22. The molecule has 1 aromatic carbocycles. The van der Waals surface area contributed by atoms with Crippen LogP contribution in [0.5, 0.6) is 5.75 Å². The average Bonchev–Trinajstić information content (AvgIpc) is 2.59. The van der Waals surface area contributed by atoms with Crippen LogP contribution in [0.3, 0.4) is 0 Å². The number of rotatable bonds is 7. The summed E-state index contributed by atoms with van der Waals surface area (Å²) < 4.78 is 11.0. The van der Waals surface area contributed by atoms with Crippen LogP contribution in [0.2, 0.25) is 5.02 Å². The molecule has 6 heteroatoms. The number of nitrogens with zero attached hydrogens (tertiary/aromatic N) is 2. The monoisotopic (exact) mass is 351 g/mol. The van der Waals surface area contributed by atoms with E-state index in [-0.39, 0.29) is 0 Å². The predicted octanol–water partition coefficient (Wildman–Crippen LogP) is 2.96. The molecule has 0 aromatic heterocycles. The first-order chi connectivity index (χ1) is 11.7. The first-order valence-electron chi connectivity index (χ1n) is 8.25. The van der Waals surface area contributed by atoms with Crippen LogP contribution in [0.1, 0.15) is 12.8 Å². The Labute approximate surface area is 149 Å². The number of ether oxygens (including phenoxy) is 2. The normalized spacial score (nSPS) is 15.0. The second-order valence-electron chi connectivity index (χ2n) is 5.64. The van der Waals surface area contributed by atoms with Crippen LogP contribution >= 0.6 is 11.6 Å². The maximum Gasteiger partial charge on any atom is 0.193 e. The summed E-state index contributed by atoms with van der Waals surface area (Å²) in [5, 5.41) is 4.07. The van der Waals surface area contributed by atoms with Crippen molar-refractivity contribution in [3.63, 3.8) is 0 Å². The highest BCUT2D eigenvalue weighted by Gasteiger charge is 2.07. The van der Waals surface area contributed by atoms with Crippen LogP contribution < -0.4 is 10.1 Å². The van der Waals surface area contributed by atoms with Gasteiger partial charge in [0, 0.05) is 25.7 Å². The summed E-state index contributed by atoms with van der Waals surface area (Å²) >= 11 is 5.95. The molecule has 0 unspecified atom stereocenters. The molecule has 5 nitrogen and oxygen atoms in total. The predicted molar refractivity (Wildman–Crippen MR) is 99.1 cm³/mol. The summed E-state index contributed by atoms with van der Waals surface area (Å²) in [5.41, 5.74) is 1.45. The molecule has 24 heavy (non-hydrogen) atoms. The number of hydrogen-bond donors (Lipinski definition) is 1. The Bertz CT molecular complexity index is 575. The highest BCUT2D eigenvalue weighted by atomic mass is 35.5. The van der Waals surface area contributed by atoms with E-state index in [0.29, 0.717) is 11.6 Å². The number of likely N-dealkylation sites (N-methyl/N-ethyl adjacent to an activating group) is 1. The SMILES string of the molecule is CN=C(NCCC1=CCOCC1)N(C)CCOc1cccc(Cl)c1. The Morgan fingerprint density at radius 1 is 1.46 bits per heavy atom. The van der Waals surface area contributed by atoms with Crippen molar-refractivity contribution in [1.82, 2.24) is 10.2 Å². The Kier molecular flexibility index (Phi) is 7.92. The molecule has 1 aromatic rings. The summed E-state index contributed by atoms with van der Waals surface area (Å²) in [7, 11) is 3.80. The number of aliphatic imine (C=N–C) groups is 1. The third-order valence-corrected chi connectivity index (χ3v) is 4.09. The first-order valence-corrected chi connectivity index (χ1v) is 8.62. The van der Waals surface area contributed by atoms with E-state index in [1.807, 2.05) is 31.3 Å². The molecule has 0 saturated carbocycles. The average molecular weight is 352 g/mol. The number of benzene rings is 1. The molecule has 0 bridgehead atoms. The fourth-order valence-electron chi connectivity index (χ4n) is 2.48. The van der Waals surface area contributed by atoms with Gasteiger partial charge in [-0.2, -0.15) is 0 Å². The van der Waals surface area contributed by atoms with Crippen molar-refractivity contribution in [2.75, 3.05) is 47.0 Å². The van der Waals surface area contributed by atoms with Gasteiger partial charge in [0.15, 0.2) is 5.96 Å². The molecular formula is C18H26ClN3O2. The van der Waals surface area contributed by atoms with E-state index in [1.165, 1.54) is 5.57 Å². The Morgan fingerprint density at radius 2 is 2.33 bits per heavy atom. The molecule has 132 valence electrons. The van der Waals surface area contributed by atoms with Gasteiger partial charge in [0.25, 0.3) is 0 Å². The Balaban J connectivity index is 1.69. The van der Waals surface area contributed by atoms with Gasteiger partial charge in [-0.25, -0.2) is 0 Å². The van der Waals surface area contributed by atoms with Gasteiger partial charge in [-0.3, -0.25) is 4.99 Å². The molecule has 1 heterocycles. The van der Waals surface area contributed by atoms with Crippen molar-refractivity contribution in [1.29, 1.82) is 0 Å². The number of guanidine groups is 1. The van der Waals surface area contributed by atoms with Crippen molar-refractivity contribution in [2.24, 2.45) is 4.99 Å². The quantitative estimate of drug-likeness (QED) is 0.466. The summed E-state index contributed by atoms with van der Waals surface area (Å²) in [6.07, 6.45) is 4.23. The summed E-state index contributed by atoms with van der Waals surface area (Å²) in [4.78, 5) is 6.38. The van der Waals surface area contributed by atoms with Gasteiger partial charge >= 0.3 is 0 Å². The lowest BCUT2D eigenvalue weighted by Crippen LogP contribution is -2.41. The summed E-state index contributed by atoms with van der Waals surface area (Å²) in [5.74, 6) is 1.66. The third kappa shape index (κ3) is 6.42. The first kappa shape index (κ1) is 18.6. The van der Waals surface area contributed by atoms with Gasteiger partial charge in [0.05, 0.1) is 19.8 Å². The molecule has 0 saturated heterocycles. The minimum atomic E-state index is 0.569. The minimum absolute atomic E-state index is 0.569. The Hall–Kier alpha value is -1.72. The second kappa shape index (κ2) is 10.2. The van der Waals surface area contributed by atoms with Gasteiger partial charge in [0.2, 0.25) is 0 Å². The zero-order valence-electron chi connectivity index (χ0n) is 14.4. The molecule has 1 aliphatic heterocycles. The fraction of sp³-hybridized carbons (Fsp3) is 0.500. The number of hydrogen-bond acceptors (Lipinski definition) is 3.